The molecule has 24 heavy (non-hydrogen) atoms. The first-order chi connectivity index (χ1) is 11.6. The summed E-state index contributed by atoms with van der Waals surface area (Å²) in [5.41, 5.74) is 6.15. The molecule has 0 radical (unpaired) electrons. The summed E-state index contributed by atoms with van der Waals surface area (Å²) in [6.45, 7) is 2.44. The molecule has 2 amide bonds. The predicted molar refractivity (Wildman–Crippen MR) is 91.3 cm³/mol. The van der Waals surface area contributed by atoms with Gasteiger partial charge >= 0.3 is 0 Å². The molecule has 0 aliphatic carbocycles. The van der Waals surface area contributed by atoms with E-state index in [1.54, 1.807) is 36.4 Å². The molecule has 0 aliphatic rings. The smallest absolute Gasteiger partial charge is 0.262 e. The van der Waals surface area contributed by atoms with Crippen molar-refractivity contribution in [2.24, 2.45) is 5.73 Å². The number of benzene rings is 2. The number of nitrogens with two attached hydrogens (primary N) is 1. The van der Waals surface area contributed by atoms with Crippen molar-refractivity contribution in [2.75, 3.05) is 18.5 Å². The van der Waals surface area contributed by atoms with Gasteiger partial charge in [-0.25, -0.2) is 0 Å². The topological polar surface area (TPSA) is 90.7 Å². The summed E-state index contributed by atoms with van der Waals surface area (Å²) in [6, 6.07) is 13.5. The Morgan fingerprint density at radius 2 is 1.75 bits per heavy atom. The van der Waals surface area contributed by atoms with Gasteiger partial charge in [0.25, 0.3) is 5.91 Å². The van der Waals surface area contributed by atoms with Gasteiger partial charge in [0.15, 0.2) is 6.61 Å². The van der Waals surface area contributed by atoms with Crippen LogP contribution in [0.2, 0.25) is 0 Å². The number of amides is 2. The first-order valence-electron chi connectivity index (χ1n) is 7.64. The number of nitrogens with one attached hydrogen (secondary N) is 1. The molecule has 3 N–H and O–H groups in total. The highest BCUT2D eigenvalue weighted by molar-refractivity contribution is 5.93. The number of rotatable bonds is 8. The third-order valence-electron chi connectivity index (χ3n) is 3.13. The maximum absolute atomic E-state index is 12.0. The molecule has 0 bridgehead atoms. The zero-order valence-electron chi connectivity index (χ0n) is 13.5. The fourth-order valence-corrected chi connectivity index (χ4v) is 1.96. The van der Waals surface area contributed by atoms with Crippen LogP contribution in [-0.4, -0.2) is 25.0 Å². The number of carbonyl (C=O) groups is 2. The van der Waals surface area contributed by atoms with E-state index in [4.69, 9.17) is 15.2 Å². The second-order valence-electron chi connectivity index (χ2n) is 5.07. The van der Waals surface area contributed by atoms with E-state index in [0.29, 0.717) is 29.4 Å². The van der Waals surface area contributed by atoms with E-state index in [2.05, 4.69) is 5.32 Å². The SMILES string of the molecule is CCCOc1ccccc1NC(=O)COc1ccc(C(N)=O)cc1. The molecule has 6 heteroatoms. The summed E-state index contributed by atoms with van der Waals surface area (Å²) in [5, 5.41) is 2.76. The molecule has 126 valence electrons. The zero-order valence-corrected chi connectivity index (χ0v) is 13.5. The Morgan fingerprint density at radius 3 is 2.42 bits per heavy atom. The predicted octanol–water partition coefficient (Wildman–Crippen LogP) is 2.59. The molecule has 0 heterocycles. The average Bonchev–Trinajstić information content (AvgIpc) is 2.59. The number of ether oxygens (including phenoxy) is 2. The van der Waals surface area contributed by atoms with Crippen molar-refractivity contribution in [1.29, 1.82) is 0 Å². The van der Waals surface area contributed by atoms with Crippen molar-refractivity contribution in [2.45, 2.75) is 13.3 Å². The lowest BCUT2D eigenvalue weighted by Gasteiger charge is -2.12. The van der Waals surface area contributed by atoms with Gasteiger partial charge in [-0.1, -0.05) is 19.1 Å². The van der Waals surface area contributed by atoms with Crippen LogP contribution in [0.25, 0.3) is 0 Å². The molecule has 0 unspecified atom stereocenters. The summed E-state index contributed by atoms with van der Waals surface area (Å²) in [7, 11) is 0. The molecule has 0 atom stereocenters. The van der Waals surface area contributed by atoms with Crippen molar-refractivity contribution >= 4 is 17.5 Å². The van der Waals surface area contributed by atoms with Crippen LogP contribution in [0.15, 0.2) is 48.5 Å². The Hall–Kier alpha value is -3.02. The average molecular weight is 328 g/mol. The number of anilines is 1. The number of para-hydroxylation sites is 2. The lowest BCUT2D eigenvalue weighted by atomic mass is 10.2. The van der Waals surface area contributed by atoms with Crippen LogP contribution in [0.3, 0.4) is 0 Å². The van der Waals surface area contributed by atoms with Gasteiger partial charge in [-0.15, -0.1) is 0 Å². The van der Waals surface area contributed by atoms with Crippen LogP contribution in [-0.2, 0) is 4.79 Å². The second-order valence-corrected chi connectivity index (χ2v) is 5.07. The molecule has 0 aromatic heterocycles. The Bertz CT molecular complexity index is 698. The first kappa shape index (κ1) is 17.3. The Balaban J connectivity index is 1.90. The van der Waals surface area contributed by atoms with Gasteiger partial charge < -0.3 is 20.5 Å². The molecule has 0 fully saturated rings. The minimum atomic E-state index is -0.511. The first-order valence-corrected chi connectivity index (χ1v) is 7.64. The molecule has 6 nitrogen and oxygen atoms in total. The van der Waals surface area contributed by atoms with Crippen molar-refractivity contribution in [1.82, 2.24) is 0 Å². The molecular formula is C18H20N2O4. The lowest BCUT2D eigenvalue weighted by molar-refractivity contribution is -0.118. The van der Waals surface area contributed by atoms with Gasteiger partial charge in [0.05, 0.1) is 12.3 Å². The van der Waals surface area contributed by atoms with E-state index >= 15 is 0 Å². The molecule has 0 spiro atoms. The number of hydrogen-bond donors (Lipinski definition) is 2. The largest absolute Gasteiger partial charge is 0.491 e. The van der Waals surface area contributed by atoms with Crippen molar-refractivity contribution < 1.29 is 19.1 Å². The Labute approximate surface area is 140 Å². The van der Waals surface area contributed by atoms with E-state index in [1.807, 2.05) is 19.1 Å². The summed E-state index contributed by atoms with van der Waals surface area (Å²) >= 11 is 0. The Kier molecular flexibility index (Phi) is 6.19. The van der Waals surface area contributed by atoms with Crippen molar-refractivity contribution in [3.05, 3.63) is 54.1 Å². The summed E-state index contributed by atoms with van der Waals surface area (Å²) in [5.74, 6) is 0.286. The highest BCUT2D eigenvalue weighted by Crippen LogP contribution is 2.23. The highest BCUT2D eigenvalue weighted by Gasteiger charge is 2.08. The van der Waals surface area contributed by atoms with E-state index in [0.717, 1.165) is 6.42 Å². The molecular weight excluding hydrogens is 308 g/mol. The van der Waals surface area contributed by atoms with Crippen molar-refractivity contribution in [3.63, 3.8) is 0 Å². The molecule has 2 rings (SSSR count). The normalized spacial score (nSPS) is 10.0. The molecule has 0 saturated heterocycles. The van der Waals surface area contributed by atoms with Gasteiger partial charge in [0.2, 0.25) is 5.91 Å². The number of carbonyl (C=O) groups excluding carboxylic acids is 2. The van der Waals surface area contributed by atoms with E-state index in [9.17, 15) is 9.59 Å². The van der Waals surface area contributed by atoms with Crippen LogP contribution in [0.4, 0.5) is 5.69 Å². The van der Waals surface area contributed by atoms with Gasteiger partial charge in [-0.2, -0.15) is 0 Å². The van der Waals surface area contributed by atoms with Gasteiger partial charge in [0.1, 0.15) is 11.5 Å². The van der Waals surface area contributed by atoms with Crippen LogP contribution in [0.5, 0.6) is 11.5 Å². The molecule has 0 saturated carbocycles. The maximum Gasteiger partial charge on any atom is 0.262 e. The number of primary amides is 1. The van der Waals surface area contributed by atoms with Crippen LogP contribution < -0.4 is 20.5 Å². The fraction of sp³-hybridized carbons (Fsp3) is 0.222. The van der Waals surface area contributed by atoms with Crippen LogP contribution >= 0.6 is 0 Å². The quantitative estimate of drug-likeness (QED) is 0.779. The zero-order chi connectivity index (χ0) is 17.4. The highest BCUT2D eigenvalue weighted by atomic mass is 16.5. The molecule has 2 aromatic carbocycles. The third-order valence-corrected chi connectivity index (χ3v) is 3.13. The monoisotopic (exact) mass is 328 g/mol. The van der Waals surface area contributed by atoms with E-state index in [1.165, 1.54) is 0 Å². The van der Waals surface area contributed by atoms with Gasteiger partial charge in [0, 0.05) is 5.56 Å². The molecule has 0 aliphatic heterocycles. The summed E-state index contributed by atoms with van der Waals surface area (Å²) < 4.78 is 11.0. The van der Waals surface area contributed by atoms with Crippen LogP contribution in [0.1, 0.15) is 23.7 Å². The standard InChI is InChI=1S/C18H20N2O4/c1-2-11-23-16-6-4-3-5-15(16)20-17(21)12-24-14-9-7-13(8-10-14)18(19)22/h3-10H,2,11-12H2,1H3,(H2,19,22)(H,20,21). The second kappa shape index (κ2) is 8.57. The summed E-state index contributed by atoms with van der Waals surface area (Å²) in [4.78, 5) is 23.0. The van der Waals surface area contributed by atoms with E-state index < -0.39 is 5.91 Å². The van der Waals surface area contributed by atoms with Gasteiger partial charge in [-0.3, -0.25) is 9.59 Å². The minimum Gasteiger partial charge on any atom is -0.491 e. The molecule has 2 aromatic rings. The lowest BCUT2D eigenvalue weighted by Crippen LogP contribution is -2.20. The summed E-state index contributed by atoms with van der Waals surface area (Å²) in [6.07, 6.45) is 0.882. The Morgan fingerprint density at radius 1 is 1.04 bits per heavy atom. The van der Waals surface area contributed by atoms with E-state index in [-0.39, 0.29) is 12.5 Å². The fourth-order valence-electron chi connectivity index (χ4n) is 1.96. The minimum absolute atomic E-state index is 0.155. The number of hydrogen-bond acceptors (Lipinski definition) is 4. The van der Waals surface area contributed by atoms with Crippen LogP contribution in [0, 0.1) is 0 Å². The van der Waals surface area contributed by atoms with Gasteiger partial charge in [-0.05, 0) is 42.8 Å². The maximum atomic E-state index is 12.0. The van der Waals surface area contributed by atoms with Crippen molar-refractivity contribution in [3.8, 4) is 11.5 Å². The third kappa shape index (κ3) is 5.01.